The van der Waals surface area contributed by atoms with Gasteiger partial charge < -0.3 is 9.84 Å². The molecule has 1 unspecified atom stereocenters. The number of unbranched alkanes of at least 4 members (excludes halogenated alkanes) is 1. The van der Waals surface area contributed by atoms with Gasteiger partial charge in [-0.1, -0.05) is 19.8 Å². The molecule has 70 valence electrons. The number of hydrogen-bond acceptors (Lipinski definition) is 2. The second kappa shape index (κ2) is 3.90. The van der Waals surface area contributed by atoms with Crippen LogP contribution in [0.15, 0.2) is 0 Å². The quantitative estimate of drug-likeness (QED) is 0.701. The molecule has 0 aromatic carbocycles. The van der Waals surface area contributed by atoms with Gasteiger partial charge in [-0.2, -0.15) is 0 Å². The Hall–Kier alpha value is -0.570. The molecule has 1 atom stereocenters. The van der Waals surface area contributed by atoms with E-state index in [-0.39, 0.29) is 0 Å². The highest BCUT2D eigenvalue weighted by Crippen LogP contribution is 2.34. The number of carbonyl (C=O) groups is 1. The molecule has 0 saturated carbocycles. The molecule has 1 aliphatic rings. The third-order valence-electron chi connectivity index (χ3n) is 2.57. The fraction of sp³-hybridized carbons (Fsp3) is 0.889. The summed E-state index contributed by atoms with van der Waals surface area (Å²) in [6.07, 6.45) is 3.48. The van der Waals surface area contributed by atoms with Crippen LogP contribution in [0.25, 0.3) is 0 Å². The van der Waals surface area contributed by atoms with Gasteiger partial charge >= 0.3 is 5.97 Å². The molecule has 1 N–H and O–H groups in total. The average Bonchev–Trinajstić information content (AvgIpc) is 2.50. The zero-order valence-corrected chi connectivity index (χ0v) is 7.51. The summed E-state index contributed by atoms with van der Waals surface area (Å²) in [5.74, 6) is -0.687. The van der Waals surface area contributed by atoms with E-state index < -0.39 is 11.4 Å². The van der Waals surface area contributed by atoms with Crippen molar-refractivity contribution in [3.63, 3.8) is 0 Å². The molecule has 0 bridgehead atoms. The lowest BCUT2D eigenvalue weighted by molar-refractivity contribution is -0.149. The fourth-order valence-corrected chi connectivity index (χ4v) is 1.60. The lowest BCUT2D eigenvalue weighted by Gasteiger charge is -2.21. The van der Waals surface area contributed by atoms with Crippen molar-refractivity contribution in [1.82, 2.24) is 0 Å². The molecule has 1 aliphatic heterocycles. The van der Waals surface area contributed by atoms with E-state index in [9.17, 15) is 4.79 Å². The molecule has 0 aromatic rings. The van der Waals surface area contributed by atoms with Crippen LogP contribution >= 0.6 is 0 Å². The van der Waals surface area contributed by atoms with Gasteiger partial charge in [-0.15, -0.1) is 0 Å². The first kappa shape index (κ1) is 9.52. The normalized spacial score (nSPS) is 29.1. The number of rotatable bonds is 4. The third-order valence-corrected chi connectivity index (χ3v) is 2.57. The second-order valence-corrected chi connectivity index (χ2v) is 3.49. The van der Waals surface area contributed by atoms with Crippen LogP contribution in [0.1, 0.15) is 32.6 Å². The summed E-state index contributed by atoms with van der Waals surface area (Å²) in [5.41, 5.74) is -0.560. The zero-order chi connectivity index (χ0) is 9.03. The minimum absolute atomic E-state index is 0.405. The molecule has 3 nitrogen and oxygen atoms in total. The van der Waals surface area contributed by atoms with E-state index in [2.05, 4.69) is 6.92 Å². The van der Waals surface area contributed by atoms with Crippen LogP contribution in [0.2, 0.25) is 0 Å². The van der Waals surface area contributed by atoms with Crippen LogP contribution in [-0.4, -0.2) is 24.3 Å². The molecule has 0 aliphatic carbocycles. The van der Waals surface area contributed by atoms with E-state index in [1.54, 1.807) is 0 Å². The number of hydrogen-bond donors (Lipinski definition) is 1. The van der Waals surface area contributed by atoms with Crippen molar-refractivity contribution in [2.24, 2.45) is 5.41 Å². The zero-order valence-electron chi connectivity index (χ0n) is 7.51. The number of carboxylic acids is 1. The highest BCUT2D eigenvalue weighted by molar-refractivity contribution is 5.75. The predicted molar refractivity (Wildman–Crippen MR) is 45.0 cm³/mol. The summed E-state index contributed by atoms with van der Waals surface area (Å²) in [4.78, 5) is 10.9. The molecule has 12 heavy (non-hydrogen) atoms. The topological polar surface area (TPSA) is 46.5 Å². The lowest BCUT2D eigenvalue weighted by atomic mass is 9.82. The molecule has 1 saturated heterocycles. The number of carboxylic acid groups (broad SMARTS) is 1. The van der Waals surface area contributed by atoms with Gasteiger partial charge in [0, 0.05) is 6.61 Å². The van der Waals surface area contributed by atoms with E-state index in [0.29, 0.717) is 19.6 Å². The van der Waals surface area contributed by atoms with Crippen molar-refractivity contribution in [2.45, 2.75) is 32.6 Å². The van der Waals surface area contributed by atoms with Crippen molar-refractivity contribution >= 4 is 5.97 Å². The highest BCUT2D eigenvalue weighted by Gasteiger charge is 2.41. The highest BCUT2D eigenvalue weighted by atomic mass is 16.5. The summed E-state index contributed by atoms with van der Waals surface area (Å²) in [7, 11) is 0. The molecule has 1 heterocycles. The van der Waals surface area contributed by atoms with Gasteiger partial charge in [-0.05, 0) is 12.8 Å². The molecule has 3 heteroatoms. The van der Waals surface area contributed by atoms with Gasteiger partial charge in [0.1, 0.15) is 0 Å². The van der Waals surface area contributed by atoms with Gasteiger partial charge in [0.05, 0.1) is 12.0 Å². The Morgan fingerprint density at radius 3 is 2.83 bits per heavy atom. The Kier molecular flexibility index (Phi) is 3.09. The molecule has 0 aromatic heterocycles. The Morgan fingerprint density at radius 2 is 2.42 bits per heavy atom. The molecular weight excluding hydrogens is 156 g/mol. The Labute approximate surface area is 72.7 Å². The van der Waals surface area contributed by atoms with E-state index in [4.69, 9.17) is 9.84 Å². The molecule has 0 spiro atoms. The summed E-state index contributed by atoms with van der Waals surface area (Å²) in [6.45, 7) is 3.09. The molecule has 1 fully saturated rings. The summed E-state index contributed by atoms with van der Waals surface area (Å²) >= 11 is 0. The molecule has 1 rings (SSSR count). The second-order valence-electron chi connectivity index (χ2n) is 3.49. The van der Waals surface area contributed by atoms with E-state index in [1.807, 2.05) is 0 Å². The summed E-state index contributed by atoms with van der Waals surface area (Å²) in [6, 6.07) is 0. The van der Waals surface area contributed by atoms with Crippen LogP contribution in [0.3, 0.4) is 0 Å². The van der Waals surface area contributed by atoms with Crippen LogP contribution in [0.5, 0.6) is 0 Å². The van der Waals surface area contributed by atoms with Gasteiger partial charge in [0.2, 0.25) is 0 Å². The molecular formula is C9H16O3. The van der Waals surface area contributed by atoms with Crippen molar-refractivity contribution in [3.05, 3.63) is 0 Å². The van der Waals surface area contributed by atoms with Crippen molar-refractivity contribution in [1.29, 1.82) is 0 Å². The Bertz CT molecular complexity index is 159. The fourth-order valence-electron chi connectivity index (χ4n) is 1.60. The number of ether oxygens (including phenoxy) is 1. The Morgan fingerprint density at radius 1 is 1.67 bits per heavy atom. The van der Waals surface area contributed by atoms with Crippen LogP contribution in [0.4, 0.5) is 0 Å². The smallest absolute Gasteiger partial charge is 0.312 e. The van der Waals surface area contributed by atoms with Crippen molar-refractivity contribution < 1.29 is 14.6 Å². The van der Waals surface area contributed by atoms with Gasteiger partial charge in [0.25, 0.3) is 0 Å². The van der Waals surface area contributed by atoms with E-state index in [0.717, 1.165) is 19.3 Å². The average molecular weight is 172 g/mol. The maximum atomic E-state index is 10.9. The molecule has 0 radical (unpaired) electrons. The van der Waals surface area contributed by atoms with Crippen LogP contribution < -0.4 is 0 Å². The van der Waals surface area contributed by atoms with Crippen molar-refractivity contribution in [3.8, 4) is 0 Å². The SMILES string of the molecule is CCCCC1(C(=O)O)CCOC1. The first-order valence-electron chi connectivity index (χ1n) is 4.52. The van der Waals surface area contributed by atoms with Crippen molar-refractivity contribution in [2.75, 3.05) is 13.2 Å². The third kappa shape index (κ3) is 1.78. The summed E-state index contributed by atoms with van der Waals surface area (Å²) in [5, 5.41) is 9.01. The maximum Gasteiger partial charge on any atom is 0.312 e. The standard InChI is InChI=1S/C9H16O3/c1-2-3-4-9(8(10)11)5-6-12-7-9/h2-7H2,1H3,(H,10,11). The minimum atomic E-state index is -0.687. The molecule has 0 amide bonds. The van der Waals surface area contributed by atoms with Crippen LogP contribution in [0, 0.1) is 5.41 Å². The van der Waals surface area contributed by atoms with Gasteiger partial charge in [-0.25, -0.2) is 0 Å². The lowest BCUT2D eigenvalue weighted by Crippen LogP contribution is -2.31. The Balaban J connectivity index is 2.53. The van der Waals surface area contributed by atoms with Crippen LogP contribution in [-0.2, 0) is 9.53 Å². The van der Waals surface area contributed by atoms with E-state index in [1.165, 1.54) is 0 Å². The first-order valence-corrected chi connectivity index (χ1v) is 4.52. The monoisotopic (exact) mass is 172 g/mol. The largest absolute Gasteiger partial charge is 0.481 e. The summed E-state index contributed by atoms with van der Waals surface area (Å²) < 4.78 is 5.14. The predicted octanol–water partition coefficient (Wildman–Crippen LogP) is 1.67. The minimum Gasteiger partial charge on any atom is -0.481 e. The van der Waals surface area contributed by atoms with Gasteiger partial charge in [-0.3, -0.25) is 4.79 Å². The maximum absolute atomic E-state index is 10.9. The van der Waals surface area contributed by atoms with Gasteiger partial charge in [0.15, 0.2) is 0 Å². The first-order chi connectivity index (χ1) is 5.71. The number of aliphatic carboxylic acids is 1. The van der Waals surface area contributed by atoms with E-state index >= 15 is 0 Å².